The Labute approximate surface area is 177 Å². The van der Waals surface area contributed by atoms with Crippen molar-refractivity contribution >= 4 is 23.4 Å². The molecule has 0 saturated carbocycles. The molecular weight excluding hydrogens is 422 g/mol. The lowest BCUT2D eigenvalue weighted by Gasteiger charge is -2.12. The van der Waals surface area contributed by atoms with Gasteiger partial charge in [0.2, 0.25) is 5.91 Å². The number of nitrogens with one attached hydrogen (secondary N) is 2. The molecule has 2 rings (SSSR count). The van der Waals surface area contributed by atoms with Crippen LogP contribution >= 0.6 is 11.6 Å². The molecule has 0 aliphatic heterocycles. The topological polar surface area (TPSA) is 85.9 Å². The molecule has 162 valence electrons. The number of benzene rings is 2. The summed E-state index contributed by atoms with van der Waals surface area (Å²) in [5, 5.41) is 0.611. The average Bonchev–Trinajstić information content (AvgIpc) is 2.70. The summed E-state index contributed by atoms with van der Waals surface area (Å²) >= 11 is 5.88. The van der Waals surface area contributed by atoms with Gasteiger partial charge in [-0.1, -0.05) is 11.6 Å². The zero-order chi connectivity index (χ0) is 22.1. The number of alkyl halides is 2. The average molecular weight is 443 g/mol. The first-order valence-corrected chi connectivity index (χ1v) is 9.29. The molecule has 0 heterocycles. The molecule has 2 amide bonds. The van der Waals surface area contributed by atoms with Crippen LogP contribution in [0, 0.1) is 6.92 Å². The molecule has 0 bridgehead atoms. The van der Waals surface area contributed by atoms with Gasteiger partial charge in [-0.25, -0.2) is 0 Å². The normalized spacial score (nSPS) is 10.5. The number of hydrogen-bond acceptors (Lipinski definition) is 5. The van der Waals surface area contributed by atoms with E-state index in [1.54, 1.807) is 18.2 Å². The number of aryl methyl sites for hydroxylation is 1. The molecule has 0 radical (unpaired) electrons. The second-order valence-electron chi connectivity index (χ2n) is 6.11. The summed E-state index contributed by atoms with van der Waals surface area (Å²) in [6.45, 7) is -0.910. The highest BCUT2D eigenvalue weighted by molar-refractivity contribution is 6.30. The SMILES string of the molecule is COc1ccc(C(=O)NNC(=O)CCCOc2ccc(Cl)cc2C)cc1OC(F)F. The summed E-state index contributed by atoms with van der Waals surface area (Å²) in [7, 11) is 1.28. The van der Waals surface area contributed by atoms with Crippen molar-refractivity contribution in [1.82, 2.24) is 10.9 Å². The zero-order valence-corrected chi connectivity index (χ0v) is 17.1. The number of carbonyl (C=O) groups is 2. The van der Waals surface area contributed by atoms with E-state index in [9.17, 15) is 18.4 Å². The van der Waals surface area contributed by atoms with Gasteiger partial charge in [0.15, 0.2) is 11.5 Å². The van der Waals surface area contributed by atoms with E-state index in [-0.39, 0.29) is 23.5 Å². The molecular formula is C20H21ClF2N2O5. The first-order valence-electron chi connectivity index (χ1n) is 8.91. The molecule has 0 spiro atoms. The Hall–Kier alpha value is -3.07. The Kier molecular flexibility index (Phi) is 8.67. The van der Waals surface area contributed by atoms with Crippen molar-refractivity contribution in [1.29, 1.82) is 0 Å². The van der Waals surface area contributed by atoms with Gasteiger partial charge in [0.1, 0.15) is 5.75 Å². The molecule has 0 aromatic heterocycles. The molecule has 10 heteroatoms. The molecule has 7 nitrogen and oxygen atoms in total. The largest absolute Gasteiger partial charge is 0.493 e. The number of hydrogen-bond donors (Lipinski definition) is 2. The number of rotatable bonds is 9. The van der Waals surface area contributed by atoms with Gasteiger partial charge in [-0.15, -0.1) is 0 Å². The number of carbonyl (C=O) groups excluding carboxylic acids is 2. The Balaban J connectivity index is 1.78. The fraction of sp³-hybridized carbons (Fsp3) is 0.300. The lowest BCUT2D eigenvalue weighted by Crippen LogP contribution is -2.41. The maximum absolute atomic E-state index is 12.5. The highest BCUT2D eigenvalue weighted by Crippen LogP contribution is 2.29. The Morgan fingerprint density at radius 3 is 2.47 bits per heavy atom. The van der Waals surface area contributed by atoms with Gasteiger partial charge in [0.05, 0.1) is 13.7 Å². The van der Waals surface area contributed by atoms with Crippen molar-refractivity contribution in [2.24, 2.45) is 0 Å². The first-order chi connectivity index (χ1) is 14.3. The number of halogens is 3. The molecule has 0 atom stereocenters. The first kappa shape index (κ1) is 23.2. The summed E-state index contributed by atoms with van der Waals surface area (Å²) in [6, 6.07) is 8.98. The van der Waals surface area contributed by atoms with E-state index in [4.69, 9.17) is 21.1 Å². The number of methoxy groups -OCH3 is 1. The Bertz CT molecular complexity index is 895. The van der Waals surface area contributed by atoms with Gasteiger partial charge >= 0.3 is 6.61 Å². The molecule has 0 fully saturated rings. The molecule has 0 saturated heterocycles. The van der Waals surface area contributed by atoms with Crippen LogP contribution in [-0.4, -0.2) is 32.1 Å². The third-order valence-electron chi connectivity index (χ3n) is 3.90. The van der Waals surface area contributed by atoms with Crippen LogP contribution in [0.1, 0.15) is 28.8 Å². The highest BCUT2D eigenvalue weighted by atomic mass is 35.5. The van der Waals surface area contributed by atoms with E-state index >= 15 is 0 Å². The second kappa shape index (κ2) is 11.2. The summed E-state index contributed by atoms with van der Waals surface area (Å²) in [6.07, 6.45) is 0.522. The standard InChI is InChI=1S/C20H21ClF2N2O5/c1-12-10-14(21)6-8-15(12)29-9-3-4-18(26)24-25-19(27)13-5-7-16(28-2)17(11-13)30-20(22)23/h5-8,10-11,20H,3-4,9H2,1-2H3,(H,24,26)(H,25,27). The van der Waals surface area contributed by atoms with Crippen LogP contribution in [0.25, 0.3) is 0 Å². The summed E-state index contributed by atoms with van der Waals surface area (Å²) in [5.41, 5.74) is 5.36. The van der Waals surface area contributed by atoms with Crippen molar-refractivity contribution in [2.75, 3.05) is 13.7 Å². The number of ether oxygens (including phenoxy) is 3. The highest BCUT2D eigenvalue weighted by Gasteiger charge is 2.15. The molecule has 0 aliphatic carbocycles. The number of hydrazine groups is 1. The van der Waals surface area contributed by atoms with Gasteiger partial charge in [-0.05, 0) is 55.3 Å². The van der Waals surface area contributed by atoms with Gasteiger partial charge < -0.3 is 14.2 Å². The van der Waals surface area contributed by atoms with Crippen molar-refractivity contribution < 1.29 is 32.6 Å². The maximum atomic E-state index is 12.5. The van der Waals surface area contributed by atoms with E-state index in [2.05, 4.69) is 15.6 Å². The summed E-state index contributed by atoms with van der Waals surface area (Å²) < 4.78 is 39.7. The minimum atomic E-state index is -3.07. The fourth-order valence-electron chi connectivity index (χ4n) is 2.46. The molecule has 30 heavy (non-hydrogen) atoms. The predicted octanol–water partition coefficient (Wildman–Crippen LogP) is 3.88. The summed E-state index contributed by atoms with van der Waals surface area (Å²) in [4.78, 5) is 24.0. The van der Waals surface area contributed by atoms with E-state index in [0.29, 0.717) is 23.8 Å². The van der Waals surface area contributed by atoms with Crippen molar-refractivity contribution in [3.63, 3.8) is 0 Å². The van der Waals surface area contributed by atoms with Crippen LogP contribution in [0.4, 0.5) is 8.78 Å². The Morgan fingerprint density at radius 1 is 1.07 bits per heavy atom. The Morgan fingerprint density at radius 2 is 1.80 bits per heavy atom. The van der Waals surface area contributed by atoms with Crippen LogP contribution in [-0.2, 0) is 4.79 Å². The van der Waals surface area contributed by atoms with Gasteiger partial charge in [-0.3, -0.25) is 20.4 Å². The maximum Gasteiger partial charge on any atom is 0.387 e. The van der Waals surface area contributed by atoms with Crippen molar-refractivity contribution in [2.45, 2.75) is 26.4 Å². The van der Waals surface area contributed by atoms with Crippen molar-refractivity contribution in [3.05, 3.63) is 52.5 Å². The molecule has 2 aromatic carbocycles. The smallest absolute Gasteiger partial charge is 0.387 e. The molecule has 0 aliphatic rings. The molecule has 0 unspecified atom stereocenters. The van der Waals surface area contributed by atoms with Gasteiger partial charge in [-0.2, -0.15) is 8.78 Å². The monoisotopic (exact) mass is 442 g/mol. The molecule has 2 aromatic rings. The van der Waals surface area contributed by atoms with Crippen LogP contribution in [0.2, 0.25) is 5.02 Å². The van der Waals surface area contributed by atoms with Crippen LogP contribution in [0.15, 0.2) is 36.4 Å². The second-order valence-corrected chi connectivity index (χ2v) is 6.54. The third kappa shape index (κ3) is 7.07. The van der Waals surface area contributed by atoms with Gasteiger partial charge in [0.25, 0.3) is 5.91 Å². The van der Waals surface area contributed by atoms with E-state index in [1.807, 2.05) is 6.92 Å². The summed E-state index contributed by atoms with van der Waals surface area (Å²) in [5.74, 6) is -0.696. The minimum Gasteiger partial charge on any atom is -0.493 e. The minimum absolute atomic E-state index is 0.00768. The van der Waals surface area contributed by atoms with E-state index < -0.39 is 18.4 Å². The van der Waals surface area contributed by atoms with Crippen LogP contribution in [0.5, 0.6) is 17.2 Å². The van der Waals surface area contributed by atoms with Crippen molar-refractivity contribution in [3.8, 4) is 17.2 Å². The quantitative estimate of drug-likeness (QED) is 0.454. The van der Waals surface area contributed by atoms with E-state index in [0.717, 1.165) is 11.6 Å². The third-order valence-corrected chi connectivity index (χ3v) is 4.14. The zero-order valence-electron chi connectivity index (χ0n) is 16.3. The lowest BCUT2D eigenvalue weighted by molar-refractivity contribution is -0.122. The predicted molar refractivity (Wildman–Crippen MR) is 106 cm³/mol. The lowest BCUT2D eigenvalue weighted by atomic mass is 10.2. The van der Waals surface area contributed by atoms with Crippen LogP contribution in [0.3, 0.4) is 0 Å². The molecule has 2 N–H and O–H groups in total. The van der Waals surface area contributed by atoms with Crippen LogP contribution < -0.4 is 25.1 Å². The number of amides is 2. The fourth-order valence-corrected chi connectivity index (χ4v) is 2.68. The van der Waals surface area contributed by atoms with Gasteiger partial charge in [0, 0.05) is 17.0 Å². The van der Waals surface area contributed by atoms with E-state index in [1.165, 1.54) is 19.2 Å².